The molecule has 0 aromatic rings. The van der Waals surface area contributed by atoms with Crippen LogP contribution >= 0.6 is 15.9 Å². The molecule has 0 aromatic heterocycles. The normalized spacial score (nSPS) is 13.5. The van der Waals surface area contributed by atoms with Crippen LogP contribution in [0.3, 0.4) is 0 Å². The summed E-state index contributed by atoms with van der Waals surface area (Å²) >= 11 is 3.27. The van der Waals surface area contributed by atoms with E-state index in [1.54, 1.807) is 14.1 Å². The van der Waals surface area contributed by atoms with Crippen molar-refractivity contribution in [2.24, 2.45) is 0 Å². The lowest BCUT2D eigenvalue weighted by molar-refractivity contribution is -0.834. The Morgan fingerprint density at radius 2 is 2.25 bits per heavy atom. The van der Waals surface area contributed by atoms with Gasteiger partial charge in [0, 0.05) is 6.42 Å². The van der Waals surface area contributed by atoms with Crippen LogP contribution in [0, 0.1) is 11.5 Å². The lowest BCUT2D eigenvalue weighted by Crippen LogP contribution is -2.40. The Kier molecular flexibility index (Phi) is 4.21. The number of nitrogens with zero attached hydrogens (tertiary/aromatic N) is 2. The van der Waals surface area contributed by atoms with Gasteiger partial charge in [0.25, 0.3) is 0 Å². The highest BCUT2D eigenvalue weighted by molar-refractivity contribution is 9.09. The van der Waals surface area contributed by atoms with Gasteiger partial charge in [-0.2, -0.15) is 0 Å². The minimum absolute atomic E-state index is 0.0826. The SMILES string of the molecule is C[N+](C)(C#N)[C@H](Br)CCC(=O)O. The molecule has 1 N–H and O–H groups in total. The van der Waals surface area contributed by atoms with Crippen LogP contribution < -0.4 is 0 Å². The molecular formula is C7H12BrN2O2+. The van der Waals surface area contributed by atoms with Gasteiger partial charge < -0.3 is 5.11 Å². The zero-order chi connectivity index (χ0) is 9.78. The number of quaternary nitrogens is 1. The van der Waals surface area contributed by atoms with Crippen LogP contribution in [0.25, 0.3) is 0 Å². The summed E-state index contributed by atoms with van der Waals surface area (Å²) in [5.74, 6) is -0.836. The third-order valence-electron chi connectivity index (χ3n) is 1.55. The van der Waals surface area contributed by atoms with Gasteiger partial charge in [0.15, 0.2) is 4.95 Å². The fourth-order valence-corrected chi connectivity index (χ4v) is 0.948. The van der Waals surface area contributed by atoms with Gasteiger partial charge in [0.1, 0.15) is 0 Å². The van der Waals surface area contributed by atoms with Gasteiger partial charge in [-0.3, -0.25) is 4.79 Å². The fourth-order valence-electron chi connectivity index (χ4n) is 0.628. The van der Waals surface area contributed by atoms with Crippen LogP contribution in [0.2, 0.25) is 0 Å². The van der Waals surface area contributed by atoms with E-state index < -0.39 is 5.97 Å². The molecule has 0 amide bonds. The molecule has 0 aliphatic rings. The van der Waals surface area contributed by atoms with Crippen LogP contribution in [0.1, 0.15) is 12.8 Å². The fraction of sp³-hybridized carbons (Fsp3) is 0.714. The predicted octanol–water partition coefficient (Wildman–Crippen LogP) is 1.13. The molecule has 0 saturated carbocycles. The molecule has 0 rings (SSSR count). The highest BCUT2D eigenvalue weighted by Gasteiger charge is 2.26. The van der Waals surface area contributed by atoms with E-state index in [1.807, 2.05) is 0 Å². The Labute approximate surface area is 80.1 Å². The Morgan fingerprint density at radius 1 is 1.75 bits per heavy atom. The number of alkyl halides is 1. The molecule has 5 heteroatoms. The highest BCUT2D eigenvalue weighted by atomic mass is 79.9. The molecule has 4 nitrogen and oxygen atoms in total. The van der Waals surface area contributed by atoms with Gasteiger partial charge in [-0.15, -0.1) is 5.26 Å². The van der Waals surface area contributed by atoms with Crippen molar-refractivity contribution in [3.63, 3.8) is 0 Å². The molecule has 0 radical (unpaired) electrons. The number of nitriles is 1. The summed E-state index contributed by atoms with van der Waals surface area (Å²) in [6.07, 6.45) is 2.60. The third kappa shape index (κ3) is 3.69. The van der Waals surface area contributed by atoms with E-state index >= 15 is 0 Å². The number of carboxylic acids is 1. The molecule has 12 heavy (non-hydrogen) atoms. The van der Waals surface area contributed by atoms with E-state index in [2.05, 4.69) is 22.1 Å². The number of hydrogen-bond acceptors (Lipinski definition) is 2. The monoisotopic (exact) mass is 235 g/mol. The smallest absolute Gasteiger partial charge is 0.309 e. The van der Waals surface area contributed by atoms with E-state index in [9.17, 15) is 4.79 Å². The van der Waals surface area contributed by atoms with Crippen LogP contribution in [0.4, 0.5) is 0 Å². The van der Waals surface area contributed by atoms with E-state index in [0.29, 0.717) is 6.42 Å². The quantitative estimate of drug-likeness (QED) is 0.344. The van der Waals surface area contributed by atoms with Gasteiger partial charge in [-0.05, 0) is 15.9 Å². The van der Waals surface area contributed by atoms with Crippen LogP contribution in [-0.4, -0.2) is 34.6 Å². The minimum atomic E-state index is -0.836. The molecule has 0 aromatic carbocycles. The molecular weight excluding hydrogens is 224 g/mol. The van der Waals surface area contributed by atoms with Crippen molar-refractivity contribution in [3.05, 3.63) is 0 Å². The zero-order valence-corrected chi connectivity index (χ0v) is 8.71. The Morgan fingerprint density at radius 3 is 2.58 bits per heavy atom. The average Bonchev–Trinajstić information content (AvgIpc) is 2.00. The summed E-state index contributed by atoms with van der Waals surface area (Å²) in [7, 11) is 3.45. The molecule has 0 aliphatic carbocycles. The van der Waals surface area contributed by atoms with Crippen LogP contribution in [-0.2, 0) is 4.79 Å². The van der Waals surface area contributed by atoms with Crippen molar-refractivity contribution in [1.29, 1.82) is 5.26 Å². The summed E-state index contributed by atoms with van der Waals surface area (Å²) in [5, 5.41) is 17.1. The number of carboxylic acid groups (broad SMARTS) is 1. The van der Waals surface area contributed by atoms with Gasteiger partial charge in [-0.1, -0.05) is 0 Å². The van der Waals surface area contributed by atoms with Crippen molar-refractivity contribution in [1.82, 2.24) is 0 Å². The van der Waals surface area contributed by atoms with Gasteiger partial charge in [-0.25, -0.2) is 4.48 Å². The zero-order valence-electron chi connectivity index (χ0n) is 7.12. The lowest BCUT2D eigenvalue weighted by atomic mass is 10.3. The molecule has 0 heterocycles. The van der Waals surface area contributed by atoms with E-state index in [4.69, 9.17) is 10.4 Å². The van der Waals surface area contributed by atoms with Crippen molar-refractivity contribution in [3.8, 4) is 6.19 Å². The molecule has 0 aliphatic heterocycles. The molecule has 0 fully saturated rings. The average molecular weight is 236 g/mol. The Balaban J connectivity index is 3.97. The van der Waals surface area contributed by atoms with Crippen LogP contribution in [0.15, 0.2) is 0 Å². The van der Waals surface area contributed by atoms with Crippen LogP contribution in [0.5, 0.6) is 0 Å². The second-order valence-corrected chi connectivity index (χ2v) is 4.06. The minimum Gasteiger partial charge on any atom is -0.481 e. The van der Waals surface area contributed by atoms with E-state index in [1.165, 1.54) is 0 Å². The summed E-state index contributed by atoms with van der Waals surface area (Å²) in [5.41, 5.74) is 0. The summed E-state index contributed by atoms with van der Waals surface area (Å²) in [6.45, 7) is 0. The number of carbonyl (C=O) groups is 1. The topological polar surface area (TPSA) is 61.1 Å². The van der Waals surface area contributed by atoms with Crippen molar-refractivity contribution in [2.75, 3.05) is 14.1 Å². The van der Waals surface area contributed by atoms with Gasteiger partial charge in [0.05, 0.1) is 20.5 Å². The summed E-state index contributed by atoms with van der Waals surface area (Å²) in [4.78, 5) is 10.1. The first kappa shape index (κ1) is 11.4. The lowest BCUT2D eigenvalue weighted by Gasteiger charge is -2.24. The first-order chi connectivity index (χ1) is 5.40. The van der Waals surface area contributed by atoms with E-state index in [0.717, 1.165) is 0 Å². The van der Waals surface area contributed by atoms with Crippen molar-refractivity contribution < 1.29 is 14.4 Å². The summed E-state index contributed by atoms with van der Waals surface area (Å²) < 4.78 is 0.118. The first-order valence-corrected chi connectivity index (χ1v) is 4.42. The number of halogens is 1. The first-order valence-electron chi connectivity index (χ1n) is 3.51. The predicted molar refractivity (Wildman–Crippen MR) is 47.3 cm³/mol. The van der Waals surface area contributed by atoms with Crippen molar-refractivity contribution in [2.45, 2.75) is 17.8 Å². The third-order valence-corrected chi connectivity index (χ3v) is 3.04. The Bertz CT molecular complexity index is 210. The molecule has 68 valence electrons. The number of rotatable bonds is 4. The Hall–Kier alpha value is -0.600. The second-order valence-electron chi connectivity index (χ2n) is 3.01. The maximum absolute atomic E-state index is 10.2. The second kappa shape index (κ2) is 4.43. The maximum Gasteiger partial charge on any atom is 0.309 e. The molecule has 1 atom stereocenters. The molecule has 0 unspecified atom stereocenters. The molecule has 0 spiro atoms. The molecule has 0 saturated heterocycles. The number of aliphatic carboxylic acids is 1. The van der Waals surface area contributed by atoms with Gasteiger partial charge in [0.2, 0.25) is 0 Å². The van der Waals surface area contributed by atoms with E-state index in [-0.39, 0.29) is 15.9 Å². The van der Waals surface area contributed by atoms with Gasteiger partial charge >= 0.3 is 12.2 Å². The maximum atomic E-state index is 10.2. The number of hydrogen-bond donors (Lipinski definition) is 1. The largest absolute Gasteiger partial charge is 0.481 e. The highest BCUT2D eigenvalue weighted by Crippen LogP contribution is 2.17. The van der Waals surface area contributed by atoms with Crippen molar-refractivity contribution >= 4 is 21.9 Å². The standard InChI is InChI=1S/C7H11BrN2O2/c1-10(2,5-9)6(8)3-4-7(11)12/h6H,3-4H2,1-2H3/p+1/t6-/m0/s1. The molecule has 0 bridgehead atoms. The summed E-state index contributed by atoms with van der Waals surface area (Å²) in [6, 6.07) is 0.